The normalized spacial score (nSPS) is 13.2. The van der Waals surface area contributed by atoms with Crippen LogP contribution in [0.3, 0.4) is 0 Å². The van der Waals surface area contributed by atoms with Gasteiger partial charge in [0.15, 0.2) is 0 Å². The van der Waals surface area contributed by atoms with Crippen LogP contribution in [0.15, 0.2) is 170 Å². The Morgan fingerprint density at radius 2 is 0.627 bits per heavy atom. The smallest absolute Gasteiger partial charge is 0.000682 e. The van der Waals surface area contributed by atoms with Crippen LogP contribution in [-0.2, 0) is 6.42 Å². The number of hydrogen-bond donors (Lipinski definition) is 0. The van der Waals surface area contributed by atoms with Crippen LogP contribution in [0.25, 0.3) is 99.5 Å². The molecule has 0 amide bonds. The van der Waals surface area contributed by atoms with Gasteiger partial charge in [-0.3, -0.25) is 0 Å². The maximum absolute atomic E-state index is 2.50. The van der Waals surface area contributed by atoms with Gasteiger partial charge in [-0.15, -0.1) is 0 Å². The van der Waals surface area contributed by atoms with Gasteiger partial charge in [0, 0.05) is 0 Å². The summed E-state index contributed by atoms with van der Waals surface area (Å²) in [4.78, 5) is 0. The first-order valence-corrected chi connectivity index (χ1v) is 21.0. The maximum atomic E-state index is 2.50. The van der Waals surface area contributed by atoms with Crippen molar-refractivity contribution in [3.63, 3.8) is 0 Å². The van der Waals surface area contributed by atoms with Gasteiger partial charge in [-0.25, -0.2) is 0 Å². The van der Waals surface area contributed by atoms with Crippen molar-refractivity contribution < 1.29 is 0 Å². The number of aryl methyl sites for hydroxylation is 4. The van der Waals surface area contributed by atoms with E-state index in [0.717, 1.165) is 6.42 Å². The summed E-state index contributed by atoms with van der Waals surface area (Å²) in [5.41, 5.74) is 29.5. The highest BCUT2D eigenvalue weighted by molar-refractivity contribution is 6.24. The summed E-state index contributed by atoms with van der Waals surface area (Å²) >= 11 is 0. The summed E-state index contributed by atoms with van der Waals surface area (Å²) in [5, 5.41) is 5.22. The molecule has 3 aliphatic rings. The molecule has 59 heavy (non-hydrogen) atoms. The largest absolute Gasteiger partial charge is 0.0620 e. The minimum atomic E-state index is 0.878. The van der Waals surface area contributed by atoms with Crippen LogP contribution >= 0.6 is 0 Å². The van der Waals surface area contributed by atoms with Gasteiger partial charge < -0.3 is 0 Å². The van der Waals surface area contributed by atoms with Crippen LogP contribution in [-0.4, -0.2) is 0 Å². The van der Waals surface area contributed by atoms with Crippen molar-refractivity contribution in [2.75, 3.05) is 0 Å². The van der Waals surface area contributed by atoms with Gasteiger partial charge in [0.05, 0.1) is 0 Å². The molecule has 0 radical (unpaired) electrons. The van der Waals surface area contributed by atoms with E-state index in [1.807, 2.05) is 0 Å². The molecule has 278 valence electrons. The third-order valence-corrected chi connectivity index (χ3v) is 13.6. The average molecular weight is 751 g/mol. The Hall–Kier alpha value is -7.02. The van der Waals surface area contributed by atoms with Gasteiger partial charge in [0.2, 0.25) is 0 Å². The van der Waals surface area contributed by atoms with Gasteiger partial charge in [0.25, 0.3) is 0 Å². The number of allylic oxidation sites excluding steroid dienone is 3. The Morgan fingerprint density at radius 3 is 1.07 bits per heavy atom. The number of hydrogen-bond acceptors (Lipinski definition) is 0. The highest BCUT2D eigenvalue weighted by Crippen LogP contribution is 2.62. The minimum absolute atomic E-state index is 0.878. The molecule has 0 saturated carbocycles. The lowest BCUT2D eigenvalue weighted by Gasteiger charge is -2.31. The summed E-state index contributed by atoms with van der Waals surface area (Å²) in [6, 6.07) is 59.2. The molecule has 0 N–H and O–H groups in total. The third-order valence-electron chi connectivity index (χ3n) is 13.6. The molecule has 12 rings (SSSR count). The molecular formula is C59H42. The average Bonchev–Trinajstić information content (AvgIpc) is 3.47. The summed E-state index contributed by atoms with van der Waals surface area (Å²) in [6.45, 7) is 9.08. The fourth-order valence-corrected chi connectivity index (χ4v) is 11.0. The Kier molecular flexibility index (Phi) is 7.35. The quantitative estimate of drug-likeness (QED) is 0.168. The molecule has 0 unspecified atom stereocenters. The number of rotatable bonds is 4. The summed E-state index contributed by atoms with van der Waals surface area (Å²) in [7, 11) is 0. The highest BCUT2D eigenvalue weighted by atomic mass is 14.4. The SMILES string of the molecule is Cc1ccccc1-c1c2c(c(-c3ccccc3C)c3ccccc13)-c1ccc3c4c1CC2=CC=C4c1c-3c(-c2ccccc2C)c2ccccc2c1-c1ccccc1C. The van der Waals surface area contributed by atoms with Crippen LogP contribution in [0.2, 0.25) is 0 Å². The van der Waals surface area contributed by atoms with E-state index in [0.29, 0.717) is 0 Å². The van der Waals surface area contributed by atoms with Crippen molar-refractivity contribution in [3.05, 3.63) is 214 Å². The van der Waals surface area contributed by atoms with Crippen molar-refractivity contribution in [2.24, 2.45) is 0 Å². The van der Waals surface area contributed by atoms with E-state index in [2.05, 4.69) is 198 Å². The number of fused-ring (bicyclic) bond motifs is 9. The summed E-state index contributed by atoms with van der Waals surface area (Å²) in [5.74, 6) is 0. The molecule has 0 heterocycles. The first-order valence-electron chi connectivity index (χ1n) is 21.0. The third kappa shape index (κ3) is 4.72. The molecule has 0 fully saturated rings. The molecule has 3 aliphatic carbocycles. The Morgan fingerprint density at radius 1 is 0.271 bits per heavy atom. The van der Waals surface area contributed by atoms with E-state index in [9.17, 15) is 0 Å². The lowest BCUT2D eigenvalue weighted by molar-refractivity contribution is 1.25. The zero-order valence-corrected chi connectivity index (χ0v) is 33.9. The molecular weight excluding hydrogens is 709 g/mol. The van der Waals surface area contributed by atoms with E-state index in [1.54, 1.807) is 0 Å². The second kappa shape index (κ2) is 12.7. The number of benzene rings is 9. The molecule has 0 aromatic heterocycles. The molecule has 0 nitrogen and oxygen atoms in total. The molecule has 0 spiro atoms. The predicted molar refractivity (Wildman–Crippen MR) is 252 cm³/mol. The van der Waals surface area contributed by atoms with Gasteiger partial charge in [-0.1, -0.05) is 170 Å². The first-order chi connectivity index (χ1) is 29.0. The van der Waals surface area contributed by atoms with Crippen LogP contribution in [0.1, 0.15) is 44.5 Å². The second-order valence-electron chi connectivity index (χ2n) is 16.8. The second-order valence-corrected chi connectivity index (χ2v) is 16.8. The molecule has 9 aromatic carbocycles. The van der Waals surface area contributed by atoms with E-state index < -0.39 is 0 Å². The molecule has 0 aliphatic heterocycles. The summed E-state index contributed by atoms with van der Waals surface area (Å²) in [6.07, 6.45) is 5.87. The summed E-state index contributed by atoms with van der Waals surface area (Å²) < 4.78 is 0. The van der Waals surface area contributed by atoms with Gasteiger partial charge in [-0.2, -0.15) is 0 Å². The fourth-order valence-electron chi connectivity index (χ4n) is 11.0. The van der Waals surface area contributed by atoms with Crippen LogP contribution < -0.4 is 0 Å². The van der Waals surface area contributed by atoms with Crippen LogP contribution in [0, 0.1) is 27.7 Å². The van der Waals surface area contributed by atoms with Crippen molar-refractivity contribution in [1.29, 1.82) is 0 Å². The van der Waals surface area contributed by atoms with Crippen LogP contribution in [0.5, 0.6) is 0 Å². The molecule has 2 bridgehead atoms. The lowest BCUT2D eigenvalue weighted by Crippen LogP contribution is -2.10. The van der Waals surface area contributed by atoms with Crippen molar-refractivity contribution in [3.8, 4) is 66.8 Å². The zero-order valence-electron chi connectivity index (χ0n) is 33.9. The molecule has 0 atom stereocenters. The molecule has 0 heteroatoms. The van der Waals surface area contributed by atoms with E-state index in [-0.39, 0.29) is 0 Å². The molecule has 0 saturated heterocycles. The van der Waals surface area contributed by atoms with Gasteiger partial charge in [0.1, 0.15) is 0 Å². The van der Waals surface area contributed by atoms with Gasteiger partial charge >= 0.3 is 0 Å². The van der Waals surface area contributed by atoms with Crippen LogP contribution in [0.4, 0.5) is 0 Å². The van der Waals surface area contributed by atoms with Crippen molar-refractivity contribution in [1.82, 2.24) is 0 Å². The van der Waals surface area contributed by atoms with E-state index in [1.165, 1.54) is 144 Å². The van der Waals surface area contributed by atoms with Crippen molar-refractivity contribution in [2.45, 2.75) is 34.1 Å². The monoisotopic (exact) mass is 750 g/mol. The Labute approximate surface area is 346 Å². The fraction of sp³-hybridized carbons (Fsp3) is 0.0847. The minimum Gasteiger partial charge on any atom is -0.0620 e. The van der Waals surface area contributed by atoms with E-state index in [4.69, 9.17) is 0 Å². The van der Waals surface area contributed by atoms with Crippen molar-refractivity contribution >= 4 is 32.7 Å². The standard InChI is InChI=1S/C59H42/c1-34-17-5-9-21-39(34)53-43-25-13-14-26-44(43)54(40-22-10-6-18-35(40)2)57-47-31-32-49-52-48(30-29-38(51(53)57)33-50(47)52)58-55(41-23-11-7-19-36(41)3)45-27-15-16-28-46(45)56(59(49)58)42-24-12-8-20-37(42)4/h5-32H,33H2,1-4H3. The predicted octanol–water partition coefficient (Wildman–Crippen LogP) is 15.9. The first kappa shape index (κ1) is 34.1. The van der Waals surface area contributed by atoms with E-state index >= 15 is 0 Å². The maximum Gasteiger partial charge on any atom is -0.000682 e. The Balaban J connectivity index is 1.28. The topological polar surface area (TPSA) is 0 Å². The molecule has 9 aromatic rings. The van der Waals surface area contributed by atoms with Gasteiger partial charge in [-0.05, 0) is 178 Å². The Bertz CT molecular complexity index is 3380. The lowest BCUT2D eigenvalue weighted by atomic mass is 9.71. The zero-order chi connectivity index (χ0) is 39.5. The highest BCUT2D eigenvalue weighted by Gasteiger charge is 2.39.